The predicted octanol–water partition coefficient (Wildman–Crippen LogP) is 1.19. The summed E-state index contributed by atoms with van der Waals surface area (Å²) in [6, 6.07) is 0. The van der Waals surface area contributed by atoms with Gasteiger partial charge in [0.15, 0.2) is 0 Å². The zero-order valence-corrected chi connectivity index (χ0v) is 7.27. The number of carbonyl (C=O) groups excluding carboxylic acids is 2. The Morgan fingerprint density at radius 3 is 0.778 bits per heavy atom. The van der Waals surface area contributed by atoms with E-state index < -0.39 is 0 Å². The van der Waals surface area contributed by atoms with Crippen molar-refractivity contribution < 1.29 is 26.7 Å². The van der Waals surface area contributed by atoms with Gasteiger partial charge in [-0.05, 0) is 27.7 Å². The topological polar surface area (TPSA) is 34.1 Å². The van der Waals surface area contributed by atoms with E-state index in [4.69, 9.17) is 0 Å². The van der Waals surface area contributed by atoms with Crippen LogP contribution < -0.4 is 0 Å². The van der Waals surface area contributed by atoms with E-state index in [2.05, 4.69) is 0 Å². The van der Waals surface area contributed by atoms with E-state index in [1.807, 2.05) is 0 Å². The van der Waals surface area contributed by atoms with Gasteiger partial charge in [0, 0.05) is 0 Å². The summed E-state index contributed by atoms with van der Waals surface area (Å²) in [5.41, 5.74) is 0. The Morgan fingerprint density at radius 2 is 0.778 bits per heavy atom. The minimum absolute atomic E-state index is 0. The van der Waals surface area contributed by atoms with Crippen LogP contribution in [0.4, 0.5) is 0 Å². The largest absolute Gasteiger partial charge is 2.00 e. The molecule has 9 heavy (non-hydrogen) atoms. The summed E-state index contributed by atoms with van der Waals surface area (Å²) in [5, 5.41) is 0. The molecule has 0 aromatic heterocycles. The summed E-state index contributed by atoms with van der Waals surface area (Å²) in [6.45, 7) is 6.11. The van der Waals surface area contributed by atoms with Gasteiger partial charge in [0.05, 0.1) is 0 Å². The first-order valence-corrected chi connectivity index (χ1v) is 2.41. The molecule has 54 valence electrons. The Bertz CT molecular complexity index is 69.1. The van der Waals surface area contributed by atoms with Crippen molar-refractivity contribution in [3.63, 3.8) is 0 Å². The first-order chi connectivity index (χ1) is 3.46. The molecule has 3 heteroatoms. The van der Waals surface area contributed by atoms with E-state index in [0.717, 1.165) is 0 Å². The van der Waals surface area contributed by atoms with Crippen molar-refractivity contribution in [2.45, 2.75) is 27.7 Å². The molecule has 0 unspecified atom stereocenters. The smallest absolute Gasteiger partial charge is 0.300 e. The molecule has 0 bridgehead atoms. The average molecular weight is 172 g/mol. The molecular weight excluding hydrogens is 160 g/mol. The van der Waals surface area contributed by atoms with Crippen molar-refractivity contribution in [3.05, 3.63) is 0 Å². The number of Topliss-reactive ketones (excluding diaryl/α,β-unsaturated/α-hetero) is 2. The van der Waals surface area contributed by atoms with Gasteiger partial charge < -0.3 is 9.59 Å². The molecule has 0 radical (unpaired) electrons. The fraction of sp³-hybridized carbons (Fsp3) is 0.667. The molecule has 0 rings (SSSR count). The van der Waals surface area contributed by atoms with E-state index in [-0.39, 0.29) is 28.6 Å². The van der Waals surface area contributed by atoms with Gasteiger partial charge in [0.1, 0.15) is 11.6 Å². The number of hydrogen-bond acceptors (Lipinski definition) is 2. The maximum absolute atomic E-state index is 9.44. The minimum atomic E-state index is 0. The quantitative estimate of drug-likeness (QED) is 0.514. The predicted molar refractivity (Wildman–Crippen MR) is 32.7 cm³/mol. The summed E-state index contributed by atoms with van der Waals surface area (Å²) in [6.07, 6.45) is 0. The summed E-state index contributed by atoms with van der Waals surface area (Å²) in [7, 11) is 0. The first kappa shape index (κ1) is 15.9. The molecule has 0 N–H and O–H groups in total. The summed E-state index contributed by atoms with van der Waals surface area (Å²) in [5.74, 6) is 0.333. The van der Waals surface area contributed by atoms with Crippen LogP contribution in [0.25, 0.3) is 0 Å². The van der Waals surface area contributed by atoms with Crippen molar-refractivity contribution in [1.29, 1.82) is 0 Å². The number of rotatable bonds is 0. The number of hydrogen-bond donors (Lipinski definition) is 0. The average Bonchev–Trinajstić information content (AvgIpc) is 1.25. The van der Waals surface area contributed by atoms with Gasteiger partial charge in [-0.25, -0.2) is 0 Å². The van der Waals surface area contributed by atoms with Crippen LogP contribution in [0.15, 0.2) is 0 Å². The molecule has 0 fully saturated rings. The summed E-state index contributed by atoms with van der Waals surface area (Å²) >= 11 is 0. The van der Waals surface area contributed by atoms with Gasteiger partial charge >= 0.3 is 17.1 Å². The van der Waals surface area contributed by atoms with Crippen molar-refractivity contribution in [1.82, 2.24) is 0 Å². The maximum atomic E-state index is 9.44. The number of carbonyl (C=O) groups is 2. The second-order valence-corrected chi connectivity index (χ2v) is 1.82. The fourth-order valence-corrected chi connectivity index (χ4v) is 0. The Morgan fingerprint density at radius 1 is 0.778 bits per heavy atom. The molecule has 0 saturated heterocycles. The van der Waals surface area contributed by atoms with Gasteiger partial charge in [0.25, 0.3) is 0 Å². The minimum Gasteiger partial charge on any atom is -0.300 e. The Hall–Kier alpha value is -0.141. The van der Waals surface area contributed by atoms with Crippen LogP contribution >= 0.6 is 0 Å². The summed E-state index contributed by atoms with van der Waals surface area (Å²) < 4.78 is 0. The first-order valence-electron chi connectivity index (χ1n) is 2.41. The number of ketones is 2. The maximum Gasteiger partial charge on any atom is 2.00 e. The summed E-state index contributed by atoms with van der Waals surface area (Å²) in [4.78, 5) is 18.9. The van der Waals surface area contributed by atoms with E-state index in [1.165, 1.54) is 27.7 Å². The SMILES string of the molecule is CC(C)=O.CC(C)=O.[Fe+2]. The van der Waals surface area contributed by atoms with E-state index in [9.17, 15) is 9.59 Å². The molecule has 0 atom stereocenters. The zero-order valence-electron chi connectivity index (χ0n) is 6.17. The Kier molecular flexibility index (Phi) is 19.1. The van der Waals surface area contributed by atoms with Crippen LogP contribution in [0.3, 0.4) is 0 Å². The van der Waals surface area contributed by atoms with Gasteiger partial charge in [-0.1, -0.05) is 0 Å². The van der Waals surface area contributed by atoms with E-state index >= 15 is 0 Å². The Balaban J connectivity index is -0.0000000720. The molecule has 0 aliphatic heterocycles. The standard InChI is InChI=1S/2C3H6O.Fe/c2*1-3(2)4;/h2*1-2H3;/q;;+2. The van der Waals surface area contributed by atoms with Gasteiger partial charge in [-0.15, -0.1) is 0 Å². The normalized spacial score (nSPS) is 5.78. The van der Waals surface area contributed by atoms with Gasteiger partial charge in [-0.3, -0.25) is 0 Å². The van der Waals surface area contributed by atoms with Crippen molar-refractivity contribution >= 4 is 11.6 Å². The molecule has 0 saturated carbocycles. The Labute approximate surface area is 66.5 Å². The monoisotopic (exact) mass is 172 g/mol. The third-order valence-electron chi connectivity index (χ3n) is 0. The van der Waals surface area contributed by atoms with Crippen molar-refractivity contribution in [3.8, 4) is 0 Å². The van der Waals surface area contributed by atoms with Crippen LogP contribution in [0, 0.1) is 0 Å². The molecule has 0 heterocycles. The van der Waals surface area contributed by atoms with E-state index in [1.54, 1.807) is 0 Å². The molecule has 2 nitrogen and oxygen atoms in total. The second kappa shape index (κ2) is 10.8. The van der Waals surface area contributed by atoms with Crippen molar-refractivity contribution in [2.24, 2.45) is 0 Å². The molecule has 0 aliphatic rings. The zero-order chi connectivity index (χ0) is 7.15. The third-order valence-corrected chi connectivity index (χ3v) is 0. The van der Waals surface area contributed by atoms with Crippen LogP contribution in [-0.2, 0) is 26.7 Å². The second-order valence-electron chi connectivity index (χ2n) is 1.82. The molecule has 0 amide bonds. The molecular formula is C6H12FeO2+2. The van der Waals surface area contributed by atoms with Gasteiger partial charge in [0.2, 0.25) is 0 Å². The van der Waals surface area contributed by atoms with E-state index in [0.29, 0.717) is 0 Å². The van der Waals surface area contributed by atoms with Crippen LogP contribution in [0.1, 0.15) is 27.7 Å². The van der Waals surface area contributed by atoms with Crippen LogP contribution in [0.2, 0.25) is 0 Å². The third kappa shape index (κ3) is 13700. The molecule has 0 aromatic carbocycles. The van der Waals surface area contributed by atoms with Crippen LogP contribution in [-0.4, -0.2) is 11.6 Å². The molecule has 0 spiro atoms. The van der Waals surface area contributed by atoms with Crippen LogP contribution in [0.5, 0.6) is 0 Å². The fourth-order valence-electron chi connectivity index (χ4n) is 0. The van der Waals surface area contributed by atoms with Crippen molar-refractivity contribution in [2.75, 3.05) is 0 Å². The molecule has 0 aliphatic carbocycles. The van der Waals surface area contributed by atoms with Gasteiger partial charge in [-0.2, -0.15) is 0 Å². The molecule has 0 aromatic rings.